The molecule has 6 nitrogen and oxygen atoms in total. The largest absolute Gasteiger partial charge is 0.387 e. The summed E-state index contributed by atoms with van der Waals surface area (Å²) in [7, 11) is 0. The van der Waals surface area contributed by atoms with Crippen molar-refractivity contribution >= 4 is 0 Å². The van der Waals surface area contributed by atoms with Crippen LogP contribution in [0.4, 0.5) is 0 Å². The van der Waals surface area contributed by atoms with Gasteiger partial charge in [0.1, 0.15) is 5.60 Å². The molecule has 5 N–H and O–H groups in total. The van der Waals surface area contributed by atoms with Gasteiger partial charge in [-0.05, 0) is 47.6 Å². The molecule has 0 saturated carbocycles. The summed E-state index contributed by atoms with van der Waals surface area (Å²) in [5.74, 6) is 0. The van der Waals surface area contributed by atoms with Crippen LogP contribution in [0.15, 0.2) is 0 Å². The molecule has 0 radical (unpaired) electrons. The van der Waals surface area contributed by atoms with Crippen LogP contribution in [0.1, 0.15) is 41.0 Å². The number of nitrogens with two attached hydrogens (primary N) is 1. The van der Waals surface area contributed by atoms with E-state index >= 15 is 0 Å². The molecule has 0 aromatic heterocycles. The van der Waals surface area contributed by atoms with Crippen LogP contribution in [-0.4, -0.2) is 88.1 Å². The van der Waals surface area contributed by atoms with Crippen LogP contribution in [0.25, 0.3) is 0 Å². The van der Waals surface area contributed by atoms with Gasteiger partial charge in [0, 0.05) is 50.3 Å². The van der Waals surface area contributed by atoms with Crippen LogP contribution in [0.3, 0.4) is 0 Å². The van der Waals surface area contributed by atoms with Crippen LogP contribution < -0.4 is 11.1 Å². The second-order valence-corrected chi connectivity index (χ2v) is 9.29. The number of β-amino-alcohol motifs (C(OH)–C–C–N with tert-alkyl or cyclic N) is 2. The van der Waals surface area contributed by atoms with Gasteiger partial charge in [-0.15, -0.1) is 0 Å². The highest BCUT2D eigenvalue weighted by Gasteiger charge is 2.47. The number of rotatable bonds is 7. The van der Waals surface area contributed by atoms with E-state index in [1.54, 1.807) is 0 Å². The predicted molar refractivity (Wildman–Crippen MR) is 93.4 cm³/mol. The topological polar surface area (TPSA) is 85.0 Å². The third-order valence-corrected chi connectivity index (χ3v) is 5.37. The maximum Gasteiger partial charge on any atom is 0.102 e. The second kappa shape index (κ2) is 6.24. The minimum Gasteiger partial charge on any atom is -0.387 e. The van der Waals surface area contributed by atoms with Crippen molar-refractivity contribution in [1.29, 1.82) is 0 Å². The Balaban J connectivity index is 1.70. The van der Waals surface area contributed by atoms with Crippen LogP contribution in [0, 0.1) is 0 Å². The number of nitrogens with zero attached hydrogens (tertiary/aromatic N) is 2. The van der Waals surface area contributed by atoms with Crippen molar-refractivity contribution < 1.29 is 10.2 Å². The first kappa shape index (κ1) is 19.1. The van der Waals surface area contributed by atoms with Crippen molar-refractivity contribution in [3.05, 3.63) is 0 Å². The Bertz CT molecular complexity index is 407. The van der Waals surface area contributed by atoms with E-state index in [0.29, 0.717) is 32.6 Å². The Labute approximate surface area is 141 Å². The first-order valence-electron chi connectivity index (χ1n) is 8.75. The van der Waals surface area contributed by atoms with Gasteiger partial charge in [-0.2, -0.15) is 0 Å². The van der Waals surface area contributed by atoms with Crippen LogP contribution in [0.5, 0.6) is 0 Å². The lowest BCUT2D eigenvalue weighted by Crippen LogP contribution is -2.72. The van der Waals surface area contributed by atoms with Crippen molar-refractivity contribution in [1.82, 2.24) is 15.1 Å². The third kappa shape index (κ3) is 4.44. The normalized spacial score (nSPS) is 25.0. The summed E-state index contributed by atoms with van der Waals surface area (Å²) in [4.78, 5) is 4.57. The molecule has 2 aliphatic rings. The van der Waals surface area contributed by atoms with Gasteiger partial charge in [-0.25, -0.2) is 0 Å². The van der Waals surface area contributed by atoms with E-state index in [0.717, 1.165) is 19.6 Å². The number of hydrogen-bond acceptors (Lipinski definition) is 6. The fraction of sp³-hybridized carbons (Fsp3) is 1.00. The highest BCUT2D eigenvalue weighted by Crippen LogP contribution is 2.31. The van der Waals surface area contributed by atoms with Crippen molar-refractivity contribution in [2.24, 2.45) is 5.73 Å². The molecule has 0 aromatic rings. The molecule has 0 amide bonds. The highest BCUT2D eigenvalue weighted by atomic mass is 16.3. The summed E-state index contributed by atoms with van der Waals surface area (Å²) >= 11 is 0. The van der Waals surface area contributed by atoms with Gasteiger partial charge in [0.25, 0.3) is 0 Å². The average molecular weight is 329 g/mol. The Morgan fingerprint density at radius 1 is 0.957 bits per heavy atom. The Morgan fingerprint density at radius 2 is 1.48 bits per heavy atom. The number of likely N-dealkylation sites (tertiary alicyclic amines) is 2. The summed E-state index contributed by atoms with van der Waals surface area (Å²) in [6, 6.07) is 0. The zero-order valence-corrected chi connectivity index (χ0v) is 15.5. The smallest absolute Gasteiger partial charge is 0.102 e. The zero-order valence-electron chi connectivity index (χ0n) is 15.5. The van der Waals surface area contributed by atoms with E-state index in [-0.39, 0.29) is 11.1 Å². The SMILES string of the molecule is CC(C)(C)N1CC(O)(CNCC(C)(C)N2CC(O)(CCN)C2)C1. The molecule has 0 atom stereocenters. The summed E-state index contributed by atoms with van der Waals surface area (Å²) in [5, 5.41) is 24.2. The summed E-state index contributed by atoms with van der Waals surface area (Å²) < 4.78 is 0. The molecule has 2 fully saturated rings. The lowest BCUT2D eigenvalue weighted by Gasteiger charge is -2.55. The van der Waals surface area contributed by atoms with Crippen molar-refractivity contribution in [2.75, 3.05) is 45.8 Å². The molecule has 2 aliphatic heterocycles. The maximum atomic E-state index is 10.5. The first-order valence-corrected chi connectivity index (χ1v) is 8.75. The predicted octanol–water partition coefficient (Wildman–Crippen LogP) is -0.405. The monoisotopic (exact) mass is 328 g/mol. The fourth-order valence-corrected chi connectivity index (χ4v) is 3.48. The van der Waals surface area contributed by atoms with Crippen LogP contribution >= 0.6 is 0 Å². The van der Waals surface area contributed by atoms with Gasteiger partial charge >= 0.3 is 0 Å². The summed E-state index contributed by atoms with van der Waals surface area (Å²) in [6.07, 6.45) is 0.662. The Hall–Kier alpha value is -0.240. The maximum absolute atomic E-state index is 10.5. The highest BCUT2D eigenvalue weighted by molar-refractivity contribution is 5.04. The second-order valence-electron chi connectivity index (χ2n) is 9.29. The molecular formula is C17H36N4O2. The van der Waals surface area contributed by atoms with Crippen molar-refractivity contribution in [3.63, 3.8) is 0 Å². The van der Waals surface area contributed by atoms with Crippen LogP contribution in [-0.2, 0) is 0 Å². The van der Waals surface area contributed by atoms with E-state index in [1.807, 2.05) is 0 Å². The lowest BCUT2D eigenvalue weighted by atomic mass is 9.84. The van der Waals surface area contributed by atoms with Crippen molar-refractivity contribution in [3.8, 4) is 0 Å². The van der Waals surface area contributed by atoms with E-state index in [2.05, 4.69) is 49.7 Å². The lowest BCUT2D eigenvalue weighted by molar-refractivity contribution is -0.143. The van der Waals surface area contributed by atoms with E-state index in [4.69, 9.17) is 5.73 Å². The summed E-state index contributed by atoms with van der Waals surface area (Å²) in [5.41, 5.74) is 4.41. The molecule has 0 aliphatic carbocycles. The average Bonchev–Trinajstić information content (AvgIpc) is 2.31. The Morgan fingerprint density at radius 3 is 1.96 bits per heavy atom. The quantitative estimate of drug-likeness (QED) is 0.509. The van der Waals surface area contributed by atoms with E-state index in [9.17, 15) is 10.2 Å². The number of hydrogen-bond donors (Lipinski definition) is 4. The third-order valence-electron chi connectivity index (χ3n) is 5.37. The first-order chi connectivity index (χ1) is 10.4. The molecule has 6 heteroatoms. The molecular weight excluding hydrogens is 292 g/mol. The molecule has 23 heavy (non-hydrogen) atoms. The fourth-order valence-electron chi connectivity index (χ4n) is 3.48. The zero-order chi connectivity index (χ0) is 17.5. The van der Waals surface area contributed by atoms with Gasteiger partial charge in [-0.1, -0.05) is 0 Å². The molecule has 0 unspecified atom stereocenters. The van der Waals surface area contributed by atoms with Gasteiger partial charge in [0.05, 0.1) is 5.60 Å². The molecule has 136 valence electrons. The molecule has 0 bridgehead atoms. The molecule has 2 heterocycles. The minimum absolute atomic E-state index is 0.0371. The number of nitrogens with one attached hydrogen (secondary N) is 1. The van der Waals surface area contributed by atoms with Gasteiger partial charge < -0.3 is 21.3 Å². The van der Waals surface area contributed by atoms with Gasteiger partial charge in [-0.3, -0.25) is 9.80 Å². The Kier molecular flexibility index (Phi) is 5.18. The minimum atomic E-state index is -0.613. The van der Waals surface area contributed by atoms with Gasteiger partial charge in [0.2, 0.25) is 0 Å². The van der Waals surface area contributed by atoms with Crippen molar-refractivity contribution in [2.45, 2.75) is 63.3 Å². The van der Waals surface area contributed by atoms with E-state index in [1.165, 1.54) is 0 Å². The molecule has 2 saturated heterocycles. The standard InChI is InChI=1S/C17H36N4O2/c1-14(2,3)20-12-17(23,13-20)9-19-8-15(4,5)21-10-16(22,11-21)6-7-18/h19,22-23H,6-13,18H2,1-5H3. The van der Waals surface area contributed by atoms with Gasteiger partial charge in [0.15, 0.2) is 0 Å². The molecule has 2 rings (SSSR count). The van der Waals surface area contributed by atoms with Crippen LogP contribution in [0.2, 0.25) is 0 Å². The number of aliphatic hydroxyl groups is 2. The molecule has 0 spiro atoms. The summed E-state index contributed by atoms with van der Waals surface area (Å²) in [6.45, 7) is 15.6. The van der Waals surface area contributed by atoms with E-state index < -0.39 is 11.2 Å². The molecule has 0 aromatic carbocycles.